The molecule has 0 aromatic carbocycles. The lowest BCUT2D eigenvalue weighted by Crippen LogP contribution is -2.36. The summed E-state index contributed by atoms with van der Waals surface area (Å²) in [6.45, 7) is -0.845. The van der Waals surface area contributed by atoms with E-state index in [-0.39, 0.29) is 17.8 Å². The monoisotopic (exact) mass is 378 g/mol. The van der Waals surface area contributed by atoms with Gasteiger partial charge in [-0.15, -0.1) is 0 Å². The number of carbonyl (C=O) groups excluding carboxylic acids is 1. The Kier molecular flexibility index (Phi) is 6.00. The zero-order valence-corrected chi connectivity index (χ0v) is 13.3. The van der Waals surface area contributed by atoms with E-state index in [2.05, 4.69) is 4.98 Å². The number of carbonyl (C=O) groups is 1. The normalized spacial score (nSPS) is 23.5. The number of nitrogens with zero attached hydrogens (tertiary/aromatic N) is 2. The van der Waals surface area contributed by atoms with Gasteiger partial charge in [-0.2, -0.15) is 18.2 Å². The van der Waals surface area contributed by atoms with Gasteiger partial charge >= 0.3 is 17.8 Å². The molecule has 5 N–H and O–H groups in total. The molecule has 0 radical (unpaired) electrons. The summed E-state index contributed by atoms with van der Waals surface area (Å²) in [5.74, 6) is -2.25. The fourth-order valence-corrected chi connectivity index (χ4v) is 2.32. The van der Waals surface area contributed by atoms with E-state index in [1.165, 1.54) is 18.3 Å². The Morgan fingerprint density at radius 1 is 1.54 bits per heavy atom. The first-order valence-electron chi connectivity index (χ1n) is 7.48. The number of halogens is 3. The molecule has 1 aliphatic heterocycles. The molecule has 1 aromatic rings. The van der Waals surface area contributed by atoms with E-state index >= 15 is 0 Å². The van der Waals surface area contributed by atoms with Crippen molar-refractivity contribution in [3.8, 4) is 0 Å². The van der Waals surface area contributed by atoms with E-state index in [9.17, 15) is 27.9 Å². The van der Waals surface area contributed by atoms with Gasteiger partial charge in [-0.3, -0.25) is 9.36 Å². The van der Waals surface area contributed by atoms with Crippen LogP contribution < -0.4 is 16.7 Å². The van der Waals surface area contributed by atoms with Crippen molar-refractivity contribution in [1.29, 1.82) is 0 Å². The molecule has 0 bridgehead atoms. The Morgan fingerprint density at radius 2 is 2.23 bits per heavy atom. The summed E-state index contributed by atoms with van der Waals surface area (Å²) in [6.07, 6.45) is -3.88. The molecule has 144 valence electrons. The Labute approximate surface area is 144 Å². The van der Waals surface area contributed by atoms with Gasteiger partial charge in [0, 0.05) is 24.7 Å². The predicted molar refractivity (Wildman–Crippen MR) is 82.6 cm³/mol. The Balaban J connectivity index is 2.12. The molecule has 12 heteroatoms. The lowest BCUT2D eigenvalue weighted by molar-refractivity contribution is -0.173. The van der Waals surface area contributed by atoms with Crippen LogP contribution in [0, 0.1) is 0 Å². The summed E-state index contributed by atoms with van der Waals surface area (Å²) >= 11 is 0. The van der Waals surface area contributed by atoms with Gasteiger partial charge in [0.15, 0.2) is 0 Å². The Hall–Kier alpha value is -2.44. The van der Waals surface area contributed by atoms with Gasteiger partial charge in [0.25, 0.3) is 0 Å². The molecule has 1 aromatic heterocycles. The van der Waals surface area contributed by atoms with E-state index < -0.39 is 49.4 Å². The largest absolute Gasteiger partial charge is 0.471 e. The molecule has 9 nitrogen and oxygen atoms in total. The fourth-order valence-electron chi connectivity index (χ4n) is 2.32. The second-order valence-corrected chi connectivity index (χ2v) is 5.50. The number of aliphatic hydroxyl groups excluding tert-OH is 2. The van der Waals surface area contributed by atoms with Crippen molar-refractivity contribution in [1.82, 2.24) is 14.9 Å². The smallest absolute Gasteiger partial charge is 0.394 e. The van der Waals surface area contributed by atoms with Gasteiger partial charge < -0.3 is 26.0 Å². The van der Waals surface area contributed by atoms with Gasteiger partial charge in [0.1, 0.15) is 18.1 Å². The molecule has 26 heavy (non-hydrogen) atoms. The maximum atomic E-state index is 12.1. The maximum absolute atomic E-state index is 12.1. The average molecular weight is 378 g/mol. The van der Waals surface area contributed by atoms with E-state index in [0.29, 0.717) is 0 Å². The van der Waals surface area contributed by atoms with Crippen molar-refractivity contribution in [2.24, 2.45) is 0 Å². The number of hydrogen-bond acceptors (Lipinski definition) is 7. The lowest BCUT2D eigenvalue weighted by atomic mass is 10.2. The van der Waals surface area contributed by atoms with Crippen molar-refractivity contribution in [2.75, 3.05) is 18.9 Å². The Morgan fingerprint density at radius 3 is 2.81 bits per heavy atom. The zero-order valence-electron chi connectivity index (χ0n) is 13.3. The van der Waals surface area contributed by atoms with Gasteiger partial charge in [0.2, 0.25) is 0 Å². The minimum atomic E-state index is -4.98. The first kappa shape index (κ1) is 19.9. The summed E-state index contributed by atoms with van der Waals surface area (Å²) in [5, 5.41) is 20.5. The number of nitrogens with two attached hydrogens (primary N) is 1. The second-order valence-electron chi connectivity index (χ2n) is 5.50. The van der Waals surface area contributed by atoms with Crippen molar-refractivity contribution >= 4 is 17.8 Å². The SMILES string of the molecule is Nc1nc(=O)n(C2CC(O)C(CO)O2)cc1C=CCNC(=O)C(F)(F)F. The van der Waals surface area contributed by atoms with Gasteiger partial charge in [-0.1, -0.05) is 12.2 Å². The zero-order chi connectivity index (χ0) is 19.5. The number of hydrogen-bond donors (Lipinski definition) is 4. The molecule has 1 amide bonds. The Bertz CT molecular complexity index is 749. The molecule has 2 heterocycles. The highest BCUT2D eigenvalue weighted by Gasteiger charge is 2.38. The van der Waals surface area contributed by atoms with E-state index in [0.717, 1.165) is 4.57 Å². The number of anilines is 1. The lowest BCUT2D eigenvalue weighted by Gasteiger charge is -2.15. The van der Waals surface area contributed by atoms with Crippen LogP contribution in [-0.4, -0.2) is 57.2 Å². The summed E-state index contributed by atoms with van der Waals surface area (Å²) in [4.78, 5) is 26.2. The molecular formula is C14H17F3N4O5. The van der Waals surface area contributed by atoms with Gasteiger partial charge in [-0.25, -0.2) is 4.79 Å². The van der Waals surface area contributed by atoms with Crippen molar-refractivity contribution in [2.45, 2.75) is 31.0 Å². The number of aromatic nitrogens is 2. The third-order valence-corrected chi connectivity index (χ3v) is 3.64. The fraction of sp³-hybridized carbons (Fsp3) is 0.500. The van der Waals surface area contributed by atoms with E-state index in [4.69, 9.17) is 15.6 Å². The van der Waals surface area contributed by atoms with Crippen LogP contribution in [0.1, 0.15) is 18.2 Å². The van der Waals surface area contributed by atoms with Crippen LogP contribution in [0.4, 0.5) is 19.0 Å². The number of alkyl halides is 3. The highest BCUT2D eigenvalue weighted by atomic mass is 19.4. The summed E-state index contributed by atoms with van der Waals surface area (Å²) in [5.41, 5.74) is 5.06. The van der Waals surface area contributed by atoms with Gasteiger partial charge in [0.05, 0.1) is 12.7 Å². The van der Waals surface area contributed by atoms with Crippen LogP contribution in [0.2, 0.25) is 0 Å². The number of nitrogens with one attached hydrogen (secondary N) is 1. The topological polar surface area (TPSA) is 140 Å². The maximum Gasteiger partial charge on any atom is 0.471 e. The molecule has 0 saturated carbocycles. The van der Waals surface area contributed by atoms with Crippen LogP contribution >= 0.6 is 0 Å². The number of nitrogen functional groups attached to an aromatic ring is 1. The number of amides is 1. The standard InChI is InChI=1S/C14H17F3N4O5/c15-14(16,17)12(24)19-3-1-2-7-5-21(13(25)20-11(7)18)10-4-8(23)9(6-22)26-10/h1-2,5,8-10,22-23H,3-4,6H2,(H,19,24)(H2,18,20,25). The van der Waals surface area contributed by atoms with Crippen molar-refractivity contribution in [3.63, 3.8) is 0 Å². The minimum absolute atomic E-state index is 0.0432. The molecular weight excluding hydrogens is 361 g/mol. The second kappa shape index (κ2) is 7.85. The molecule has 2 rings (SSSR count). The average Bonchev–Trinajstić information content (AvgIpc) is 2.92. The quantitative estimate of drug-likeness (QED) is 0.524. The third-order valence-electron chi connectivity index (χ3n) is 3.64. The van der Waals surface area contributed by atoms with Crippen LogP contribution in [0.5, 0.6) is 0 Å². The molecule has 0 spiro atoms. The highest BCUT2D eigenvalue weighted by molar-refractivity contribution is 5.81. The molecule has 3 atom stereocenters. The molecule has 1 saturated heterocycles. The van der Waals surface area contributed by atoms with Crippen LogP contribution in [0.15, 0.2) is 17.1 Å². The van der Waals surface area contributed by atoms with Crippen LogP contribution in [0.3, 0.4) is 0 Å². The van der Waals surface area contributed by atoms with Crippen molar-refractivity contribution in [3.05, 3.63) is 28.3 Å². The number of ether oxygens (including phenoxy) is 1. The summed E-state index contributed by atoms with van der Waals surface area (Å²) < 4.78 is 42.6. The van der Waals surface area contributed by atoms with E-state index in [1.807, 2.05) is 0 Å². The number of rotatable bonds is 5. The van der Waals surface area contributed by atoms with Crippen LogP contribution in [-0.2, 0) is 9.53 Å². The highest BCUT2D eigenvalue weighted by Crippen LogP contribution is 2.27. The minimum Gasteiger partial charge on any atom is -0.394 e. The molecule has 1 fully saturated rings. The van der Waals surface area contributed by atoms with E-state index in [1.54, 1.807) is 5.32 Å². The van der Waals surface area contributed by atoms with Crippen molar-refractivity contribution < 1.29 is 32.9 Å². The predicted octanol–water partition coefficient (Wildman–Crippen LogP) is -0.842. The third kappa shape index (κ3) is 4.59. The molecule has 3 unspecified atom stereocenters. The first-order valence-corrected chi connectivity index (χ1v) is 7.48. The number of aliphatic hydroxyl groups is 2. The van der Waals surface area contributed by atoms with Gasteiger partial charge in [-0.05, 0) is 0 Å². The molecule has 1 aliphatic rings. The summed E-state index contributed by atoms with van der Waals surface area (Å²) in [6, 6.07) is 0. The summed E-state index contributed by atoms with van der Waals surface area (Å²) in [7, 11) is 0. The van der Waals surface area contributed by atoms with Crippen LogP contribution in [0.25, 0.3) is 6.08 Å². The molecule has 0 aliphatic carbocycles. The first-order chi connectivity index (χ1) is 12.1.